The minimum atomic E-state index is -0.220. The lowest BCUT2D eigenvalue weighted by molar-refractivity contribution is -0.0821. The van der Waals surface area contributed by atoms with Gasteiger partial charge >= 0.3 is 0 Å². The Bertz CT molecular complexity index is 1020. The molecule has 0 aliphatic carbocycles. The van der Waals surface area contributed by atoms with E-state index < -0.39 is 0 Å². The molecule has 1 saturated heterocycles. The Morgan fingerprint density at radius 1 is 1.17 bits per heavy atom. The molecule has 0 bridgehead atoms. The zero-order valence-electron chi connectivity index (χ0n) is 16.5. The fraction of sp³-hybridized carbons (Fsp3) is 0.348. The van der Waals surface area contributed by atoms with Gasteiger partial charge in [-0.05, 0) is 48.4 Å². The molecule has 1 aromatic heterocycles. The third-order valence-electron chi connectivity index (χ3n) is 5.97. The average Bonchev–Trinajstić information content (AvgIpc) is 3.32. The van der Waals surface area contributed by atoms with Gasteiger partial charge in [0.1, 0.15) is 29.6 Å². The van der Waals surface area contributed by atoms with Gasteiger partial charge < -0.3 is 14.0 Å². The van der Waals surface area contributed by atoms with E-state index in [9.17, 15) is 4.39 Å². The first-order valence-electron chi connectivity index (χ1n) is 9.94. The van der Waals surface area contributed by atoms with Crippen LogP contribution < -0.4 is 4.74 Å². The number of rotatable bonds is 4. The summed E-state index contributed by atoms with van der Waals surface area (Å²) in [5.74, 6) is 1.62. The summed E-state index contributed by atoms with van der Waals surface area (Å²) in [7, 11) is 1.67. The Balaban J connectivity index is 1.34. The molecule has 0 N–H and O–H groups in total. The molecule has 1 atom stereocenters. The lowest BCUT2D eigenvalue weighted by atomic mass is 10.0. The van der Waals surface area contributed by atoms with Crippen molar-refractivity contribution in [2.75, 3.05) is 20.2 Å². The Hall–Kier alpha value is -2.70. The zero-order chi connectivity index (χ0) is 19.8. The molecule has 6 heteroatoms. The highest BCUT2D eigenvalue weighted by Crippen LogP contribution is 2.36. The SMILES string of the molecule is COc1ccc(-c2cnc3n2CC2(CCN(Cc4cccc(F)c4)C2)OC3)cc1. The molecule has 3 heterocycles. The Labute approximate surface area is 169 Å². The Morgan fingerprint density at radius 2 is 2.03 bits per heavy atom. The maximum absolute atomic E-state index is 13.5. The molecule has 2 aliphatic rings. The molecular weight excluding hydrogens is 369 g/mol. The van der Waals surface area contributed by atoms with E-state index in [4.69, 9.17) is 9.47 Å². The van der Waals surface area contributed by atoms with Crippen LogP contribution in [0.5, 0.6) is 5.75 Å². The lowest BCUT2D eigenvalue weighted by Crippen LogP contribution is -2.44. The van der Waals surface area contributed by atoms with Gasteiger partial charge in [-0.2, -0.15) is 0 Å². The fourth-order valence-corrected chi connectivity index (χ4v) is 4.45. The van der Waals surface area contributed by atoms with Crippen LogP contribution in [0.15, 0.2) is 54.7 Å². The van der Waals surface area contributed by atoms with Gasteiger partial charge in [0.25, 0.3) is 0 Å². The second kappa shape index (κ2) is 7.28. The molecule has 2 aromatic carbocycles. The number of nitrogens with zero attached hydrogens (tertiary/aromatic N) is 3. The molecule has 0 saturated carbocycles. The average molecular weight is 393 g/mol. The predicted molar refractivity (Wildman–Crippen MR) is 108 cm³/mol. The number of methoxy groups -OCH3 is 1. The normalized spacial score (nSPS) is 21.4. The van der Waals surface area contributed by atoms with Gasteiger partial charge in [-0.25, -0.2) is 9.37 Å². The summed E-state index contributed by atoms with van der Waals surface area (Å²) in [4.78, 5) is 6.93. The van der Waals surface area contributed by atoms with Crippen molar-refractivity contribution in [1.29, 1.82) is 0 Å². The van der Waals surface area contributed by atoms with Crippen molar-refractivity contribution < 1.29 is 13.9 Å². The first-order valence-corrected chi connectivity index (χ1v) is 9.94. The minimum absolute atomic E-state index is 0.183. The van der Waals surface area contributed by atoms with Crippen LogP contribution in [0.2, 0.25) is 0 Å². The number of benzene rings is 2. The molecule has 1 unspecified atom stereocenters. The molecule has 1 spiro atoms. The summed E-state index contributed by atoms with van der Waals surface area (Å²) in [6, 6.07) is 14.9. The van der Waals surface area contributed by atoms with Crippen LogP contribution in [0.4, 0.5) is 4.39 Å². The van der Waals surface area contributed by atoms with Crippen molar-refractivity contribution in [1.82, 2.24) is 14.5 Å². The van der Waals surface area contributed by atoms with Gasteiger partial charge in [-0.15, -0.1) is 0 Å². The van der Waals surface area contributed by atoms with Gasteiger partial charge in [0.2, 0.25) is 0 Å². The van der Waals surface area contributed by atoms with Crippen LogP contribution in [0.3, 0.4) is 0 Å². The smallest absolute Gasteiger partial charge is 0.135 e. The van der Waals surface area contributed by atoms with E-state index in [0.717, 1.165) is 61.0 Å². The van der Waals surface area contributed by atoms with E-state index in [2.05, 4.69) is 26.6 Å². The number of likely N-dealkylation sites (tertiary alicyclic amines) is 1. The Morgan fingerprint density at radius 3 is 2.83 bits per heavy atom. The van der Waals surface area contributed by atoms with Crippen LogP contribution in [0.1, 0.15) is 17.8 Å². The topological polar surface area (TPSA) is 39.5 Å². The second-order valence-corrected chi connectivity index (χ2v) is 7.94. The van der Waals surface area contributed by atoms with E-state index in [1.807, 2.05) is 24.4 Å². The highest BCUT2D eigenvalue weighted by molar-refractivity contribution is 5.60. The first kappa shape index (κ1) is 18.3. The summed E-state index contributed by atoms with van der Waals surface area (Å²) in [5, 5.41) is 0. The fourth-order valence-electron chi connectivity index (χ4n) is 4.45. The van der Waals surface area contributed by atoms with Crippen molar-refractivity contribution in [3.63, 3.8) is 0 Å². The van der Waals surface area contributed by atoms with Gasteiger partial charge in [-0.1, -0.05) is 12.1 Å². The van der Waals surface area contributed by atoms with Crippen LogP contribution >= 0.6 is 0 Å². The minimum Gasteiger partial charge on any atom is -0.497 e. The summed E-state index contributed by atoms with van der Waals surface area (Å²) in [6.45, 7) is 3.82. The molecule has 0 amide bonds. The Kier molecular flexibility index (Phi) is 4.60. The number of halogens is 1. The van der Waals surface area contributed by atoms with E-state index in [0.29, 0.717) is 6.61 Å². The van der Waals surface area contributed by atoms with Crippen molar-refractivity contribution in [2.45, 2.75) is 31.7 Å². The van der Waals surface area contributed by atoms with Crippen LogP contribution in [-0.4, -0.2) is 40.3 Å². The monoisotopic (exact) mass is 393 g/mol. The maximum Gasteiger partial charge on any atom is 0.135 e. The molecule has 5 nitrogen and oxygen atoms in total. The van der Waals surface area contributed by atoms with E-state index >= 15 is 0 Å². The number of hydrogen-bond acceptors (Lipinski definition) is 4. The van der Waals surface area contributed by atoms with E-state index in [-0.39, 0.29) is 11.4 Å². The predicted octanol–water partition coefficient (Wildman–Crippen LogP) is 3.87. The lowest BCUT2D eigenvalue weighted by Gasteiger charge is -2.35. The van der Waals surface area contributed by atoms with Crippen LogP contribution in [0, 0.1) is 5.82 Å². The van der Waals surface area contributed by atoms with Crippen molar-refractivity contribution in [3.05, 3.63) is 71.9 Å². The van der Waals surface area contributed by atoms with Gasteiger partial charge in [0.15, 0.2) is 0 Å². The van der Waals surface area contributed by atoms with Crippen molar-refractivity contribution in [3.8, 4) is 17.0 Å². The molecule has 0 radical (unpaired) electrons. The van der Waals surface area contributed by atoms with Gasteiger partial charge in [0, 0.05) is 25.2 Å². The van der Waals surface area contributed by atoms with Crippen LogP contribution in [-0.2, 0) is 24.4 Å². The van der Waals surface area contributed by atoms with E-state index in [1.54, 1.807) is 19.2 Å². The number of ether oxygens (including phenoxy) is 2. The summed E-state index contributed by atoms with van der Waals surface area (Å²) < 4.78 is 27.4. The number of imidazole rings is 1. The molecule has 2 aliphatic heterocycles. The number of hydrogen-bond donors (Lipinski definition) is 0. The van der Waals surface area contributed by atoms with Gasteiger partial charge in [0.05, 0.1) is 25.5 Å². The quantitative estimate of drug-likeness (QED) is 0.675. The molecule has 3 aromatic rings. The van der Waals surface area contributed by atoms with Crippen molar-refractivity contribution in [2.24, 2.45) is 0 Å². The van der Waals surface area contributed by atoms with Gasteiger partial charge in [-0.3, -0.25) is 4.90 Å². The summed E-state index contributed by atoms with van der Waals surface area (Å²) in [6.07, 6.45) is 2.89. The summed E-state index contributed by atoms with van der Waals surface area (Å²) >= 11 is 0. The van der Waals surface area contributed by atoms with Crippen LogP contribution in [0.25, 0.3) is 11.3 Å². The third kappa shape index (κ3) is 3.54. The largest absolute Gasteiger partial charge is 0.497 e. The third-order valence-corrected chi connectivity index (χ3v) is 5.97. The first-order chi connectivity index (χ1) is 14.1. The molecule has 1 fully saturated rings. The molecule has 5 rings (SSSR count). The standard InChI is InChI=1S/C23H24FN3O2/c1-28-20-7-5-18(6-8-20)21-12-25-22-14-29-23(16-27(21)22)9-10-26(15-23)13-17-3-2-4-19(24)11-17/h2-8,11-12H,9-10,13-16H2,1H3. The van der Waals surface area contributed by atoms with E-state index in [1.165, 1.54) is 6.07 Å². The molecule has 150 valence electrons. The highest BCUT2D eigenvalue weighted by atomic mass is 19.1. The maximum atomic E-state index is 13.5. The highest BCUT2D eigenvalue weighted by Gasteiger charge is 2.43. The molecule has 29 heavy (non-hydrogen) atoms. The number of aromatic nitrogens is 2. The molecular formula is C23H24FN3O2. The number of fused-ring (bicyclic) bond motifs is 1. The summed E-state index contributed by atoms with van der Waals surface area (Å²) in [5.41, 5.74) is 3.01. The zero-order valence-corrected chi connectivity index (χ0v) is 16.5. The van der Waals surface area contributed by atoms with Crippen molar-refractivity contribution >= 4 is 0 Å². The second-order valence-electron chi connectivity index (χ2n) is 7.94.